The first-order chi connectivity index (χ1) is 8.86. The van der Waals surface area contributed by atoms with Crippen LogP contribution in [0.4, 0.5) is 4.39 Å². The Bertz CT molecular complexity index is 444. The Morgan fingerprint density at radius 1 is 1.42 bits per heavy atom. The Morgan fingerprint density at radius 3 is 2.79 bits per heavy atom. The summed E-state index contributed by atoms with van der Waals surface area (Å²) in [7, 11) is 0. The van der Waals surface area contributed by atoms with Gasteiger partial charge in [-0.05, 0) is 51.0 Å². The van der Waals surface area contributed by atoms with E-state index in [9.17, 15) is 4.39 Å². The molecule has 1 saturated heterocycles. The maximum atomic E-state index is 13.2. The summed E-state index contributed by atoms with van der Waals surface area (Å²) < 4.78 is 20.0. The first-order valence-electron chi connectivity index (χ1n) is 6.67. The van der Waals surface area contributed by atoms with Crippen LogP contribution in [0.5, 0.6) is 0 Å². The topological polar surface area (TPSA) is 12.5 Å². The van der Waals surface area contributed by atoms with Gasteiger partial charge < -0.3 is 4.74 Å². The standard InChI is InChI=1S/C15H21BrFNO/c1-15(2,3)18-7-6-13(9-18)19-10-11-8-12(17)4-5-14(11)16/h4-5,8,13H,6-7,9-10H2,1-3H3/t13-/m0/s1. The predicted molar refractivity (Wildman–Crippen MR) is 78.6 cm³/mol. The van der Waals surface area contributed by atoms with Crippen molar-refractivity contribution in [3.05, 3.63) is 34.1 Å². The van der Waals surface area contributed by atoms with Crippen molar-refractivity contribution >= 4 is 15.9 Å². The van der Waals surface area contributed by atoms with Gasteiger partial charge >= 0.3 is 0 Å². The Labute approximate surface area is 123 Å². The minimum Gasteiger partial charge on any atom is -0.372 e. The number of benzene rings is 1. The molecular weight excluding hydrogens is 309 g/mol. The lowest BCUT2D eigenvalue weighted by Crippen LogP contribution is -2.40. The van der Waals surface area contributed by atoms with Crippen LogP contribution in [-0.4, -0.2) is 29.6 Å². The normalized spacial score (nSPS) is 21.0. The molecule has 0 aliphatic carbocycles. The molecule has 1 aliphatic heterocycles. The summed E-state index contributed by atoms with van der Waals surface area (Å²) in [6.07, 6.45) is 1.29. The summed E-state index contributed by atoms with van der Waals surface area (Å²) in [6, 6.07) is 4.70. The van der Waals surface area contributed by atoms with E-state index in [4.69, 9.17) is 4.74 Å². The quantitative estimate of drug-likeness (QED) is 0.831. The van der Waals surface area contributed by atoms with E-state index in [1.165, 1.54) is 12.1 Å². The van der Waals surface area contributed by atoms with Crippen LogP contribution in [-0.2, 0) is 11.3 Å². The highest BCUT2D eigenvalue weighted by Gasteiger charge is 2.30. The minimum absolute atomic E-state index is 0.192. The summed E-state index contributed by atoms with van der Waals surface area (Å²) in [5.41, 5.74) is 1.06. The van der Waals surface area contributed by atoms with Crippen molar-refractivity contribution in [3.8, 4) is 0 Å². The van der Waals surface area contributed by atoms with E-state index in [0.29, 0.717) is 6.61 Å². The van der Waals surface area contributed by atoms with Gasteiger partial charge in [0.15, 0.2) is 0 Å². The molecule has 0 aromatic heterocycles. The van der Waals surface area contributed by atoms with Crippen molar-refractivity contribution in [2.45, 2.75) is 45.4 Å². The fraction of sp³-hybridized carbons (Fsp3) is 0.600. The van der Waals surface area contributed by atoms with Crippen LogP contribution >= 0.6 is 15.9 Å². The van der Waals surface area contributed by atoms with Crippen molar-refractivity contribution in [1.29, 1.82) is 0 Å². The number of hydrogen-bond acceptors (Lipinski definition) is 2. The van der Waals surface area contributed by atoms with Gasteiger partial charge in [-0.2, -0.15) is 0 Å². The lowest BCUT2D eigenvalue weighted by Gasteiger charge is -2.31. The summed E-state index contributed by atoms with van der Waals surface area (Å²) >= 11 is 3.43. The molecule has 0 unspecified atom stereocenters. The molecule has 1 aromatic carbocycles. The maximum absolute atomic E-state index is 13.2. The number of rotatable bonds is 3. The SMILES string of the molecule is CC(C)(C)N1CC[C@H](OCc2cc(F)ccc2Br)C1. The molecule has 4 heteroatoms. The Hall–Kier alpha value is -0.450. The van der Waals surface area contributed by atoms with Crippen LogP contribution < -0.4 is 0 Å². The maximum Gasteiger partial charge on any atom is 0.123 e. The first-order valence-corrected chi connectivity index (χ1v) is 7.46. The van der Waals surface area contributed by atoms with Crippen molar-refractivity contribution in [3.63, 3.8) is 0 Å². The van der Waals surface area contributed by atoms with Gasteiger partial charge in [-0.25, -0.2) is 4.39 Å². The Morgan fingerprint density at radius 2 is 2.16 bits per heavy atom. The zero-order valence-electron chi connectivity index (χ0n) is 11.7. The average molecular weight is 330 g/mol. The summed E-state index contributed by atoms with van der Waals surface area (Å²) in [4.78, 5) is 2.43. The lowest BCUT2D eigenvalue weighted by molar-refractivity contribution is 0.0375. The highest BCUT2D eigenvalue weighted by Crippen LogP contribution is 2.24. The van der Waals surface area contributed by atoms with Crippen molar-refractivity contribution < 1.29 is 9.13 Å². The second kappa shape index (κ2) is 5.90. The van der Waals surface area contributed by atoms with Crippen LogP contribution in [0.15, 0.2) is 22.7 Å². The molecule has 1 heterocycles. The number of nitrogens with zero attached hydrogens (tertiary/aromatic N) is 1. The van der Waals surface area contributed by atoms with E-state index in [1.807, 2.05) is 0 Å². The molecule has 0 radical (unpaired) electrons. The highest BCUT2D eigenvalue weighted by atomic mass is 79.9. The summed E-state index contributed by atoms with van der Waals surface area (Å²) in [6.45, 7) is 9.14. The van der Waals surface area contributed by atoms with Gasteiger partial charge in [0.25, 0.3) is 0 Å². The van der Waals surface area contributed by atoms with Gasteiger partial charge in [0, 0.05) is 23.1 Å². The highest BCUT2D eigenvalue weighted by molar-refractivity contribution is 9.10. The molecular formula is C15H21BrFNO. The number of likely N-dealkylation sites (tertiary alicyclic amines) is 1. The monoisotopic (exact) mass is 329 g/mol. The number of halogens is 2. The largest absolute Gasteiger partial charge is 0.372 e. The molecule has 2 rings (SSSR count). The number of ether oxygens (including phenoxy) is 1. The van der Waals surface area contributed by atoms with Gasteiger partial charge in [0.2, 0.25) is 0 Å². The van der Waals surface area contributed by atoms with E-state index < -0.39 is 0 Å². The Kier molecular flexibility index (Phi) is 4.64. The molecule has 2 nitrogen and oxygen atoms in total. The zero-order valence-corrected chi connectivity index (χ0v) is 13.3. The molecule has 1 aromatic rings. The van der Waals surface area contributed by atoms with Gasteiger partial charge in [-0.3, -0.25) is 4.90 Å². The molecule has 1 atom stereocenters. The number of hydrogen-bond donors (Lipinski definition) is 0. The van der Waals surface area contributed by atoms with Gasteiger partial charge in [-0.15, -0.1) is 0 Å². The van der Waals surface area contributed by atoms with Crippen molar-refractivity contribution in [2.24, 2.45) is 0 Å². The fourth-order valence-corrected chi connectivity index (χ4v) is 2.70. The molecule has 19 heavy (non-hydrogen) atoms. The van der Waals surface area contributed by atoms with Gasteiger partial charge in [0.1, 0.15) is 5.82 Å². The second-order valence-electron chi connectivity index (χ2n) is 6.07. The third-order valence-corrected chi connectivity index (χ3v) is 4.35. The van der Waals surface area contributed by atoms with E-state index in [0.717, 1.165) is 29.5 Å². The third kappa shape index (κ3) is 4.01. The van der Waals surface area contributed by atoms with Crippen molar-refractivity contribution in [2.75, 3.05) is 13.1 Å². The molecule has 0 bridgehead atoms. The molecule has 106 valence electrons. The summed E-state index contributed by atoms with van der Waals surface area (Å²) in [5.74, 6) is -0.218. The molecule has 1 aliphatic rings. The van der Waals surface area contributed by atoms with Crippen LogP contribution in [0.1, 0.15) is 32.8 Å². The molecule has 1 fully saturated rings. The van der Waals surface area contributed by atoms with Crippen LogP contribution in [0.2, 0.25) is 0 Å². The van der Waals surface area contributed by atoms with E-state index in [2.05, 4.69) is 41.6 Å². The van der Waals surface area contributed by atoms with E-state index >= 15 is 0 Å². The molecule has 0 saturated carbocycles. The van der Waals surface area contributed by atoms with Crippen LogP contribution in [0.3, 0.4) is 0 Å². The van der Waals surface area contributed by atoms with Gasteiger partial charge in [0.05, 0.1) is 12.7 Å². The summed E-state index contributed by atoms with van der Waals surface area (Å²) in [5, 5.41) is 0. The van der Waals surface area contributed by atoms with E-state index in [-0.39, 0.29) is 17.5 Å². The minimum atomic E-state index is -0.218. The first kappa shape index (κ1) is 14.9. The third-order valence-electron chi connectivity index (χ3n) is 3.58. The fourth-order valence-electron chi connectivity index (χ4n) is 2.34. The second-order valence-corrected chi connectivity index (χ2v) is 6.93. The smallest absolute Gasteiger partial charge is 0.123 e. The van der Waals surface area contributed by atoms with Crippen LogP contribution in [0.25, 0.3) is 0 Å². The molecule has 0 spiro atoms. The zero-order chi connectivity index (χ0) is 14.0. The Balaban J connectivity index is 1.89. The predicted octanol–water partition coefficient (Wildman–Crippen LogP) is 3.98. The average Bonchev–Trinajstić information content (AvgIpc) is 2.79. The molecule has 0 amide bonds. The van der Waals surface area contributed by atoms with Crippen LogP contribution in [0, 0.1) is 5.82 Å². The van der Waals surface area contributed by atoms with Crippen molar-refractivity contribution in [1.82, 2.24) is 4.90 Å². The molecule has 0 N–H and O–H groups in total. The lowest BCUT2D eigenvalue weighted by atomic mass is 10.1. The van der Waals surface area contributed by atoms with Gasteiger partial charge in [-0.1, -0.05) is 15.9 Å². The van der Waals surface area contributed by atoms with E-state index in [1.54, 1.807) is 6.07 Å².